The Labute approximate surface area is 161 Å². The van der Waals surface area contributed by atoms with Gasteiger partial charge in [-0.05, 0) is 51.4 Å². The van der Waals surface area contributed by atoms with Gasteiger partial charge in [-0.15, -0.1) is 0 Å². The first-order chi connectivity index (χ1) is 12.2. The summed E-state index contributed by atoms with van der Waals surface area (Å²) in [6.45, 7) is 3.83. The Kier molecular flexibility index (Phi) is 7.25. The molecule has 3 aliphatic rings. The minimum absolute atomic E-state index is 0.0157. The summed E-state index contributed by atoms with van der Waals surface area (Å²) in [5.41, 5.74) is 0.0157. The molecule has 7 heteroatoms. The van der Waals surface area contributed by atoms with Gasteiger partial charge in [0.15, 0.2) is 0 Å². The molecule has 2 atom stereocenters. The van der Waals surface area contributed by atoms with Gasteiger partial charge in [-0.3, -0.25) is 9.62 Å². The van der Waals surface area contributed by atoms with Gasteiger partial charge in [-0.1, -0.05) is 25.7 Å². The largest absolute Gasteiger partial charge is 0.338 e. The molecule has 5 nitrogen and oxygen atoms in total. The van der Waals surface area contributed by atoms with Crippen LogP contribution in [0.2, 0.25) is 0 Å². The lowest BCUT2D eigenvalue weighted by atomic mass is 9.89. The molecule has 0 bridgehead atoms. The molecular formula is C18H33N4OS2+. The van der Waals surface area contributed by atoms with Gasteiger partial charge in [-0.25, -0.2) is 9.69 Å². The van der Waals surface area contributed by atoms with Crippen LogP contribution in [0.4, 0.5) is 4.79 Å². The fourth-order valence-electron chi connectivity index (χ4n) is 4.41. The minimum atomic E-state index is -0.0304. The van der Waals surface area contributed by atoms with Crippen LogP contribution < -0.4 is 15.5 Å². The zero-order chi connectivity index (χ0) is 17.6. The van der Waals surface area contributed by atoms with Crippen LogP contribution in [0.5, 0.6) is 0 Å². The van der Waals surface area contributed by atoms with E-state index in [1.807, 2.05) is 0 Å². The number of nitrogens with one attached hydrogen (secondary N) is 3. The topological polar surface area (TPSA) is 48.8 Å². The molecular weight excluding hydrogens is 352 g/mol. The number of carbonyl (C=O) groups excluding carboxylic acids is 1. The van der Waals surface area contributed by atoms with E-state index in [4.69, 9.17) is 12.2 Å². The molecule has 1 aliphatic heterocycles. The second-order valence-electron chi connectivity index (χ2n) is 7.63. The maximum atomic E-state index is 12.5. The van der Waals surface area contributed by atoms with Gasteiger partial charge in [-0.2, -0.15) is 0 Å². The number of urea groups is 1. The Hall–Kier alpha value is -0.530. The highest BCUT2D eigenvalue weighted by atomic mass is 32.2. The standard InChI is InChI=1S/C18H32N4OS2/c1-2-21-18(24)22(15-11-7-4-8-12-15)17(25-21)20-16(23)19-13-14-9-5-3-6-10-14/h14-15,17H,2-13H2,1H3,(H2,19,20,23)/p+1. The Morgan fingerprint density at radius 1 is 1.16 bits per heavy atom. The van der Waals surface area contributed by atoms with Crippen LogP contribution in [0, 0.1) is 5.92 Å². The molecule has 0 aromatic heterocycles. The smallest absolute Gasteiger partial charge is 0.320 e. The normalized spacial score (nSPS) is 29.0. The number of amides is 2. The summed E-state index contributed by atoms with van der Waals surface area (Å²) in [7, 11) is 0. The van der Waals surface area contributed by atoms with Crippen molar-refractivity contribution in [2.45, 2.75) is 82.7 Å². The summed E-state index contributed by atoms with van der Waals surface area (Å²) in [6.07, 6.45) is 12.8. The summed E-state index contributed by atoms with van der Waals surface area (Å²) in [6, 6.07) is 0.520. The average Bonchev–Trinajstić information content (AvgIpc) is 2.96. The maximum Gasteiger partial charge on any atom is 0.320 e. The molecule has 3 rings (SSSR count). The summed E-state index contributed by atoms with van der Waals surface area (Å²) < 4.78 is 2.17. The predicted molar refractivity (Wildman–Crippen MR) is 107 cm³/mol. The number of hydrogen-bond donors (Lipinski definition) is 3. The van der Waals surface area contributed by atoms with Crippen LogP contribution in [0.25, 0.3) is 0 Å². The van der Waals surface area contributed by atoms with E-state index < -0.39 is 0 Å². The number of carbonyl (C=O) groups is 1. The lowest BCUT2D eigenvalue weighted by Gasteiger charge is -2.30. The Balaban J connectivity index is 1.54. The molecule has 3 fully saturated rings. The number of nitrogens with zero attached hydrogens (tertiary/aromatic N) is 1. The molecule has 1 heterocycles. The van der Waals surface area contributed by atoms with Crippen LogP contribution in [0.1, 0.15) is 71.1 Å². The quantitative estimate of drug-likeness (QED) is 0.503. The van der Waals surface area contributed by atoms with Gasteiger partial charge in [0.25, 0.3) is 5.11 Å². The molecule has 2 amide bonds. The monoisotopic (exact) mass is 385 g/mol. The van der Waals surface area contributed by atoms with E-state index in [0.29, 0.717) is 12.0 Å². The first kappa shape index (κ1) is 19.2. The molecule has 0 aromatic rings. The zero-order valence-corrected chi connectivity index (χ0v) is 17.0. The maximum absolute atomic E-state index is 12.5. The summed E-state index contributed by atoms with van der Waals surface area (Å²) in [4.78, 5) is 13.8. The minimum Gasteiger partial charge on any atom is -0.338 e. The SMILES string of the molecule is CCN1SC(NC(=O)NCC2CCCCC2)[NH+](C2CCCCC2)C1=S. The Bertz CT molecular complexity index is 464. The van der Waals surface area contributed by atoms with Gasteiger partial charge < -0.3 is 5.32 Å². The van der Waals surface area contributed by atoms with Crippen molar-refractivity contribution < 1.29 is 9.69 Å². The lowest BCUT2D eigenvalue weighted by Crippen LogP contribution is -3.21. The van der Waals surface area contributed by atoms with Crippen molar-refractivity contribution in [3.8, 4) is 0 Å². The van der Waals surface area contributed by atoms with E-state index in [1.165, 1.54) is 69.1 Å². The summed E-state index contributed by atoms with van der Waals surface area (Å²) in [5, 5.41) is 7.29. The van der Waals surface area contributed by atoms with Crippen molar-refractivity contribution >= 4 is 35.3 Å². The Morgan fingerprint density at radius 2 is 1.80 bits per heavy atom. The number of thiocarbonyl (C=S) groups is 1. The predicted octanol–water partition coefficient (Wildman–Crippen LogP) is 2.64. The molecule has 0 spiro atoms. The first-order valence-electron chi connectivity index (χ1n) is 10.1. The Morgan fingerprint density at radius 3 is 2.44 bits per heavy atom. The highest BCUT2D eigenvalue weighted by Gasteiger charge is 2.45. The highest BCUT2D eigenvalue weighted by Crippen LogP contribution is 2.24. The summed E-state index contributed by atoms with van der Waals surface area (Å²) >= 11 is 7.43. The lowest BCUT2D eigenvalue weighted by molar-refractivity contribution is -0.846. The first-order valence-corrected chi connectivity index (χ1v) is 11.3. The fourth-order valence-corrected chi connectivity index (χ4v) is 6.21. The third-order valence-corrected chi connectivity index (χ3v) is 7.71. The average molecular weight is 386 g/mol. The number of quaternary nitrogens is 1. The second-order valence-corrected chi connectivity index (χ2v) is 9.14. The van der Waals surface area contributed by atoms with Crippen LogP contribution >= 0.6 is 24.2 Å². The van der Waals surface area contributed by atoms with E-state index in [1.54, 1.807) is 11.9 Å². The van der Waals surface area contributed by atoms with E-state index in [9.17, 15) is 4.79 Å². The van der Waals surface area contributed by atoms with Gasteiger partial charge in [0, 0.05) is 37.3 Å². The summed E-state index contributed by atoms with van der Waals surface area (Å²) in [5.74, 6) is 0.658. The highest BCUT2D eigenvalue weighted by molar-refractivity contribution is 7.99. The number of rotatable bonds is 5. The number of hydrogen-bond acceptors (Lipinski definition) is 3. The van der Waals surface area contributed by atoms with Crippen molar-refractivity contribution in [2.24, 2.45) is 5.92 Å². The van der Waals surface area contributed by atoms with Crippen LogP contribution in [0.15, 0.2) is 0 Å². The molecule has 3 N–H and O–H groups in total. The molecule has 0 aromatic carbocycles. The molecule has 2 aliphatic carbocycles. The van der Waals surface area contributed by atoms with Crippen molar-refractivity contribution in [1.29, 1.82) is 0 Å². The van der Waals surface area contributed by atoms with E-state index in [2.05, 4.69) is 21.9 Å². The zero-order valence-electron chi connectivity index (χ0n) is 15.4. The van der Waals surface area contributed by atoms with E-state index in [0.717, 1.165) is 18.2 Å². The van der Waals surface area contributed by atoms with Gasteiger partial charge in [0.2, 0.25) is 5.50 Å². The van der Waals surface area contributed by atoms with Crippen molar-refractivity contribution in [3.63, 3.8) is 0 Å². The molecule has 2 saturated carbocycles. The van der Waals surface area contributed by atoms with Crippen LogP contribution in [-0.4, -0.2) is 40.1 Å². The van der Waals surface area contributed by atoms with E-state index >= 15 is 0 Å². The van der Waals surface area contributed by atoms with Crippen LogP contribution in [-0.2, 0) is 0 Å². The molecule has 25 heavy (non-hydrogen) atoms. The third kappa shape index (κ3) is 5.01. The van der Waals surface area contributed by atoms with Crippen LogP contribution in [0.3, 0.4) is 0 Å². The third-order valence-electron chi connectivity index (χ3n) is 5.86. The van der Waals surface area contributed by atoms with Crippen molar-refractivity contribution in [1.82, 2.24) is 14.9 Å². The molecule has 0 radical (unpaired) electrons. The van der Waals surface area contributed by atoms with Crippen molar-refractivity contribution in [3.05, 3.63) is 0 Å². The van der Waals surface area contributed by atoms with Gasteiger partial charge in [0.05, 0.1) is 6.04 Å². The van der Waals surface area contributed by atoms with Gasteiger partial charge in [0.1, 0.15) is 0 Å². The molecule has 2 unspecified atom stereocenters. The van der Waals surface area contributed by atoms with Gasteiger partial charge >= 0.3 is 6.03 Å². The van der Waals surface area contributed by atoms with Crippen molar-refractivity contribution in [2.75, 3.05) is 13.1 Å². The van der Waals surface area contributed by atoms with E-state index in [-0.39, 0.29) is 11.5 Å². The fraction of sp³-hybridized carbons (Fsp3) is 0.889. The molecule has 142 valence electrons. The molecule has 1 saturated heterocycles. The second kappa shape index (κ2) is 9.42.